The molecule has 0 bridgehead atoms. The molecular formula is C15H17BrN2O2. The molecule has 1 aromatic carbocycles. The van der Waals surface area contributed by atoms with Gasteiger partial charge in [-0.25, -0.2) is 0 Å². The van der Waals surface area contributed by atoms with Gasteiger partial charge in [0.25, 0.3) is 0 Å². The van der Waals surface area contributed by atoms with Crippen LogP contribution in [0.5, 0.6) is 0 Å². The Kier molecular flexibility index (Phi) is 4.60. The van der Waals surface area contributed by atoms with Crippen molar-refractivity contribution in [2.24, 2.45) is 5.92 Å². The topological polar surface area (TPSA) is 49.4 Å². The molecule has 0 spiro atoms. The summed E-state index contributed by atoms with van der Waals surface area (Å²) in [6, 6.07) is 5.76. The Morgan fingerprint density at radius 1 is 1.60 bits per heavy atom. The summed E-state index contributed by atoms with van der Waals surface area (Å²) in [6.45, 7) is 6.40. The second kappa shape index (κ2) is 6.22. The second-order valence-corrected chi connectivity index (χ2v) is 5.73. The summed E-state index contributed by atoms with van der Waals surface area (Å²) in [6.07, 6.45) is 1.89. The number of rotatable bonds is 4. The van der Waals surface area contributed by atoms with Crippen molar-refractivity contribution in [3.8, 4) is 0 Å². The molecule has 1 N–H and O–H groups in total. The maximum absolute atomic E-state index is 12.1. The summed E-state index contributed by atoms with van der Waals surface area (Å²) >= 11 is 3.44. The minimum Gasteiger partial charge on any atom is -0.352 e. The fourth-order valence-corrected chi connectivity index (χ4v) is 2.49. The zero-order valence-corrected chi connectivity index (χ0v) is 12.9. The smallest absolute Gasteiger partial charge is 0.227 e. The number of anilines is 1. The van der Waals surface area contributed by atoms with Crippen molar-refractivity contribution in [3.63, 3.8) is 0 Å². The molecule has 20 heavy (non-hydrogen) atoms. The van der Waals surface area contributed by atoms with E-state index in [1.165, 1.54) is 0 Å². The van der Waals surface area contributed by atoms with Crippen LogP contribution >= 0.6 is 15.9 Å². The monoisotopic (exact) mass is 336 g/mol. The molecule has 2 rings (SSSR count). The number of hydrogen-bond donors (Lipinski definition) is 1. The third kappa shape index (κ3) is 3.10. The predicted molar refractivity (Wildman–Crippen MR) is 82.5 cm³/mol. The summed E-state index contributed by atoms with van der Waals surface area (Å²) in [7, 11) is 0. The fraction of sp³-hybridized carbons (Fsp3) is 0.333. The van der Waals surface area contributed by atoms with Crippen molar-refractivity contribution in [1.82, 2.24) is 5.32 Å². The maximum Gasteiger partial charge on any atom is 0.227 e. The highest BCUT2D eigenvalue weighted by Gasteiger charge is 2.34. The molecule has 0 aliphatic carbocycles. The number of halogens is 1. The normalized spacial score (nSPS) is 18.2. The largest absolute Gasteiger partial charge is 0.352 e. The highest BCUT2D eigenvalue weighted by molar-refractivity contribution is 9.10. The molecule has 4 nitrogen and oxygen atoms in total. The summed E-state index contributed by atoms with van der Waals surface area (Å²) in [5.41, 5.74) is 1.91. The van der Waals surface area contributed by atoms with E-state index in [4.69, 9.17) is 0 Å². The first kappa shape index (κ1) is 14.8. The lowest BCUT2D eigenvalue weighted by Gasteiger charge is -2.17. The van der Waals surface area contributed by atoms with Crippen LogP contribution in [0.25, 0.3) is 0 Å². The minimum absolute atomic E-state index is 0.00882. The van der Waals surface area contributed by atoms with Crippen LogP contribution in [-0.2, 0) is 9.59 Å². The van der Waals surface area contributed by atoms with Crippen molar-refractivity contribution >= 4 is 33.4 Å². The van der Waals surface area contributed by atoms with Gasteiger partial charge in [-0.3, -0.25) is 9.59 Å². The van der Waals surface area contributed by atoms with Crippen LogP contribution in [0.3, 0.4) is 0 Å². The third-order valence-corrected chi connectivity index (χ3v) is 4.26. The number of carbonyl (C=O) groups is 2. The van der Waals surface area contributed by atoms with Gasteiger partial charge in [0.2, 0.25) is 11.8 Å². The highest BCUT2D eigenvalue weighted by atomic mass is 79.9. The molecule has 106 valence electrons. The van der Waals surface area contributed by atoms with E-state index < -0.39 is 0 Å². The van der Waals surface area contributed by atoms with Crippen molar-refractivity contribution in [3.05, 3.63) is 40.9 Å². The van der Waals surface area contributed by atoms with Gasteiger partial charge in [0.1, 0.15) is 0 Å². The summed E-state index contributed by atoms with van der Waals surface area (Å²) in [5.74, 6) is -0.383. The number of nitrogens with zero attached hydrogens (tertiary/aromatic N) is 1. The number of amides is 2. The predicted octanol–water partition coefficient (Wildman–Crippen LogP) is 2.41. The minimum atomic E-state index is -0.286. The zero-order valence-electron chi connectivity index (χ0n) is 11.4. The van der Waals surface area contributed by atoms with Gasteiger partial charge < -0.3 is 10.2 Å². The lowest BCUT2D eigenvalue weighted by atomic mass is 10.1. The maximum atomic E-state index is 12.1. The zero-order chi connectivity index (χ0) is 14.7. The van der Waals surface area contributed by atoms with Gasteiger partial charge >= 0.3 is 0 Å². The lowest BCUT2D eigenvalue weighted by molar-refractivity contribution is -0.126. The Labute approximate surface area is 127 Å². The second-order valence-electron chi connectivity index (χ2n) is 4.87. The van der Waals surface area contributed by atoms with E-state index in [2.05, 4.69) is 27.8 Å². The van der Waals surface area contributed by atoms with Crippen molar-refractivity contribution in [1.29, 1.82) is 0 Å². The first-order valence-corrected chi connectivity index (χ1v) is 7.27. The average Bonchev–Trinajstić information content (AvgIpc) is 2.81. The molecule has 1 atom stereocenters. The number of hydrogen-bond acceptors (Lipinski definition) is 2. The van der Waals surface area contributed by atoms with Crippen molar-refractivity contribution < 1.29 is 9.59 Å². The summed E-state index contributed by atoms with van der Waals surface area (Å²) < 4.78 is 1.01. The molecule has 2 amide bonds. The Balaban J connectivity index is 2.10. The molecule has 0 unspecified atom stereocenters. The Morgan fingerprint density at radius 2 is 2.35 bits per heavy atom. The van der Waals surface area contributed by atoms with E-state index in [-0.39, 0.29) is 24.2 Å². The number of nitrogens with one attached hydrogen (secondary N) is 1. The molecule has 0 saturated carbocycles. The van der Waals surface area contributed by atoms with Gasteiger partial charge in [-0.15, -0.1) is 6.58 Å². The van der Waals surface area contributed by atoms with Gasteiger partial charge in [-0.1, -0.05) is 22.0 Å². The Morgan fingerprint density at radius 3 is 3.00 bits per heavy atom. The third-order valence-electron chi connectivity index (χ3n) is 3.37. The first-order chi connectivity index (χ1) is 9.52. The van der Waals surface area contributed by atoms with Crippen LogP contribution in [0.4, 0.5) is 5.69 Å². The standard InChI is InChI=1S/C15H17BrN2O2/c1-3-6-17-15(20)11-8-14(19)18(9-11)12-4-5-13(16)10(2)7-12/h3-5,7,11H,1,6,8-9H2,2H3,(H,17,20)/t11-/m0/s1. The molecule has 1 aliphatic heterocycles. The van der Waals surface area contributed by atoms with Gasteiger partial charge in [0.15, 0.2) is 0 Å². The molecule has 1 heterocycles. The van der Waals surface area contributed by atoms with Gasteiger partial charge in [-0.2, -0.15) is 0 Å². The molecule has 1 fully saturated rings. The molecule has 1 aromatic rings. The van der Waals surface area contributed by atoms with E-state index in [0.717, 1.165) is 15.7 Å². The van der Waals surface area contributed by atoms with Crippen LogP contribution in [-0.4, -0.2) is 24.9 Å². The van der Waals surface area contributed by atoms with Crippen LogP contribution in [0.15, 0.2) is 35.3 Å². The number of carbonyl (C=O) groups excluding carboxylic acids is 2. The number of benzene rings is 1. The molecule has 5 heteroatoms. The van der Waals surface area contributed by atoms with Crippen molar-refractivity contribution in [2.75, 3.05) is 18.0 Å². The van der Waals surface area contributed by atoms with E-state index in [0.29, 0.717) is 13.1 Å². The summed E-state index contributed by atoms with van der Waals surface area (Å²) in [4.78, 5) is 25.7. The lowest BCUT2D eigenvalue weighted by Crippen LogP contribution is -2.33. The Hall–Kier alpha value is -1.62. The van der Waals surface area contributed by atoms with E-state index in [1.54, 1.807) is 11.0 Å². The van der Waals surface area contributed by atoms with Crippen LogP contribution in [0.1, 0.15) is 12.0 Å². The van der Waals surface area contributed by atoms with Crippen LogP contribution in [0.2, 0.25) is 0 Å². The molecular weight excluding hydrogens is 320 g/mol. The van der Waals surface area contributed by atoms with E-state index in [1.807, 2.05) is 25.1 Å². The fourth-order valence-electron chi connectivity index (χ4n) is 2.25. The Bertz CT molecular complexity index is 557. The molecule has 0 aromatic heterocycles. The molecule has 1 aliphatic rings. The van der Waals surface area contributed by atoms with Crippen molar-refractivity contribution in [2.45, 2.75) is 13.3 Å². The first-order valence-electron chi connectivity index (χ1n) is 6.48. The average molecular weight is 337 g/mol. The van der Waals surface area contributed by atoms with E-state index in [9.17, 15) is 9.59 Å². The molecule has 0 radical (unpaired) electrons. The summed E-state index contributed by atoms with van der Waals surface area (Å²) in [5, 5.41) is 2.74. The number of aryl methyl sites for hydroxylation is 1. The van der Waals surface area contributed by atoms with Gasteiger partial charge in [-0.05, 0) is 30.7 Å². The van der Waals surface area contributed by atoms with Crippen LogP contribution < -0.4 is 10.2 Å². The SMILES string of the molecule is C=CCNC(=O)[C@H]1CC(=O)N(c2ccc(Br)c(C)c2)C1. The molecule has 1 saturated heterocycles. The van der Waals surface area contributed by atoms with Crippen LogP contribution in [0, 0.1) is 12.8 Å². The highest BCUT2D eigenvalue weighted by Crippen LogP contribution is 2.28. The quantitative estimate of drug-likeness (QED) is 0.858. The van der Waals surface area contributed by atoms with Gasteiger partial charge in [0.05, 0.1) is 5.92 Å². The van der Waals surface area contributed by atoms with Gasteiger partial charge in [0, 0.05) is 29.7 Å². The van der Waals surface area contributed by atoms with E-state index >= 15 is 0 Å².